The number of alkyl halides is 3. The van der Waals surface area contributed by atoms with Crippen molar-refractivity contribution in [1.82, 2.24) is 0 Å². The fourth-order valence-corrected chi connectivity index (χ4v) is 0.830. The van der Waals surface area contributed by atoms with E-state index < -0.39 is 22.0 Å². The summed E-state index contributed by atoms with van der Waals surface area (Å²) >= 11 is 16.4. The number of esters is 2. The van der Waals surface area contributed by atoms with Crippen LogP contribution in [0.5, 0.6) is 0 Å². The molecule has 0 aliphatic rings. The Bertz CT molecular complexity index is 219. The molecule has 7 heteroatoms. The first-order valence-electron chi connectivity index (χ1n) is 4.26. The molecule has 0 aliphatic carbocycles. The first-order valence-corrected chi connectivity index (χ1v) is 5.40. The van der Waals surface area contributed by atoms with Gasteiger partial charge in [-0.1, -0.05) is 48.7 Å². The summed E-state index contributed by atoms with van der Waals surface area (Å²) in [5, 5.41) is 0. The average Bonchev–Trinajstić information content (AvgIpc) is 2.14. The molecule has 0 saturated carbocycles. The summed E-state index contributed by atoms with van der Waals surface area (Å²) < 4.78 is 7.33. The molecule has 0 unspecified atom stereocenters. The Morgan fingerprint density at radius 3 is 1.60 bits per heavy atom. The molecule has 0 atom stereocenters. The number of carbonyl (C=O) groups excluding carboxylic acids is 2. The average molecular weight is 278 g/mol. The van der Waals surface area contributed by atoms with Crippen molar-refractivity contribution in [2.45, 2.75) is 36.8 Å². The van der Waals surface area contributed by atoms with E-state index in [9.17, 15) is 9.59 Å². The van der Waals surface area contributed by atoms with Gasteiger partial charge in [0.25, 0.3) is 10.1 Å². The Morgan fingerprint density at radius 1 is 1.07 bits per heavy atom. The van der Waals surface area contributed by atoms with E-state index in [1.54, 1.807) is 13.8 Å². The largest absolute Gasteiger partial charge is 0.420 e. The van der Waals surface area contributed by atoms with Gasteiger partial charge in [-0.3, -0.25) is 9.59 Å². The molecule has 0 fully saturated rings. The van der Waals surface area contributed by atoms with Gasteiger partial charge in [-0.05, 0) is 0 Å². The van der Waals surface area contributed by atoms with Gasteiger partial charge in [-0.25, -0.2) is 0 Å². The Balaban J connectivity index is 4.46. The molecule has 0 heterocycles. The maximum Gasteiger partial charge on any atom is 0.308 e. The highest BCUT2D eigenvalue weighted by atomic mass is 35.6. The summed E-state index contributed by atoms with van der Waals surface area (Å²) in [7, 11) is 0. The van der Waals surface area contributed by atoms with Crippen LogP contribution in [0.1, 0.15) is 26.7 Å². The Hall–Kier alpha value is -0.190. The summed E-state index contributed by atoms with van der Waals surface area (Å²) in [4.78, 5) is 21.9. The lowest BCUT2D eigenvalue weighted by atomic mass is 10.5. The number of rotatable bonds is 4. The van der Waals surface area contributed by atoms with Gasteiger partial charge in [0.05, 0.1) is 0 Å². The fourth-order valence-electron chi connectivity index (χ4n) is 0.563. The Kier molecular flexibility index (Phi) is 6.32. The minimum Gasteiger partial charge on any atom is -0.420 e. The molecule has 0 amide bonds. The molecule has 0 rings (SSSR count). The molecule has 0 aromatic rings. The minimum absolute atomic E-state index is 0.0981. The Morgan fingerprint density at radius 2 is 1.40 bits per heavy atom. The Labute approximate surface area is 103 Å². The third-order valence-corrected chi connectivity index (χ3v) is 1.86. The predicted molar refractivity (Wildman–Crippen MR) is 56.8 cm³/mol. The summed E-state index contributed by atoms with van der Waals surface area (Å²) in [6.07, 6.45) is -1.32. The SMILES string of the molecule is CCC(=O)OC(OC(=O)CC)C(Cl)(Cl)Cl. The molecular formula is C8H11Cl3O4. The number of hydrogen-bond acceptors (Lipinski definition) is 4. The van der Waals surface area contributed by atoms with Gasteiger partial charge in [0.15, 0.2) is 0 Å². The lowest BCUT2D eigenvalue weighted by Crippen LogP contribution is -2.35. The van der Waals surface area contributed by atoms with Crippen molar-refractivity contribution in [3.63, 3.8) is 0 Å². The third-order valence-electron chi connectivity index (χ3n) is 1.32. The summed E-state index contributed by atoms with van der Waals surface area (Å²) in [6.45, 7) is 3.14. The molecule has 88 valence electrons. The van der Waals surface area contributed by atoms with Gasteiger partial charge >= 0.3 is 11.9 Å². The lowest BCUT2D eigenvalue weighted by Gasteiger charge is -2.23. The van der Waals surface area contributed by atoms with Crippen molar-refractivity contribution in [3.8, 4) is 0 Å². The second kappa shape index (κ2) is 6.40. The molecule has 0 aliphatic heterocycles. The molecule has 0 saturated heterocycles. The standard InChI is InChI=1S/C8H11Cl3O4/c1-3-5(12)14-7(8(9,10)11)15-6(13)4-2/h7H,3-4H2,1-2H3. The van der Waals surface area contributed by atoms with Crippen molar-refractivity contribution >= 4 is 46.7 Å². The first kappa shape index (κ1) is 14.8. The number of carbonyl (C=O) groups is 2. The third kappa shape index (κ3) is 6.07. The van der Waals surface area contributed by atoms with Crippen LogP contribution >= 0.6 is 34.8 Å². The van der Waals surface area contributed by atoms with E-state index in [2.05, 4.69) is 9.47 Å². The van der Waals surface area contributed by atoms with E-state index >= 15 is 0 Å². The zero-order valence-electron chi connectivity index (χ0n) is 8.26. The highest BCUT2D eigenvalue weighted by Crippen LogP contribution is 2.33. The van der Waals surface area contributed by atoms with Crippen LogP contribution in [0.4, 0.5) is 0 Å². The van der Waals surface area contributed by atoms with Crippen LogP contribution in [0.15, 0.2) is 0 Å². The van der Waals surface area contributed by atoms with Gasteiger partial charge in [0, 0.05) is 12.8 Å². The van der Waals surface area contributed by atoms with Gasteiger partial charge in [0.2, 0.25) is 0 Å². The maximum atomic E-state index is 10.9. The minimum atomic E-state index is -1.99. The zero-order valence-corrected chi connectivity index (χ0v) is 10.5. The molecule has 4 nitrogen and oxygen atoms in total. The molecule has 15 heavy (non-hydrogen) atoms. The van der Waals surface area contributed by atoms with Crippen LogP contribution in [0.2, 0.25) is 0 Å². The van der Waals surface area contributed by atoms with E-state index in [0.29, 0.717) is 0 Å². The van der Waals surface area contributed by atoms with E-state index in [1.165, 1.54) is 0 Å². The van der Waals surface area contributed by atoms with Crippen molar-refractivity contribution in [2.75, 3.05) is 0 Å². The molecular weight excluding hydrogens is 266 g/mol. The monoisotopic (exact) mass is 276 g/mol. The highest BCUT2D eigenvalue weighted by Gasteiger charge is 2.39. The number of halogens is 3. The van der Waals surface area contributed by atoms with Crippen molar-refractivity contribution in [1.29, 1.82) is 0 Å². The molecule has 0 aromatic carbocycles. The molecule has 0 aromatic heterocycles. The van der Waals surface area contributed by atoms with Crippen LogP contribution in [0.3, 0.4) is 0 Å². The zero-order chi connectivity index (χ0) is 12.1. The molecule has 0 spiro atoms. The smallest absolute Gasteiger partial charge is 0.308 e. The molecule has 0 N–H and O–H groups in total. The summed E-state index contributed by atoms with van der Waals surface area (Å²) in [5.41, 5.74) is 0. The highest BCUT2D eigenvalue weighted by molar-refractivity contribution is 6.68. The maximum absolute atomic E-state index is 10.9. The van der Waals surface area contributed by atoms with E-state index in [1.807, 2.05) is 0 Å². The first-order chi connectivity index (χ1) is 6.81. The van der Waals surface area contributed by atoms with Gasteiger partial charge in [-0.15, -0.1) is 0 Å². The lowest BCUT2D eigenvalue weighted by molar-refractivity contribution is -0.186. The topological polar surface area (TPSA) is 52.6 Å². The second-order valence-corrected chi connectivity index (χ2v) is 4.93. The van der Waals surface area contributed by atoms with Crippen LogP contribution in [0, 0.1) is 0 Å². The van der Waals surface area contributed by atoms with Crippen molar-refractivity contribution < 1.29 is 19.1 Å². The predicted octanol–water partition coefficient (Wildman–Crippen LogP) is 2.59. The molecule has 0 bridgehead atoms. The number of hydrogen-bond donors (Lipinski definition) is 0. The van der Waals surface area contributed by atoms with Crippen LogP contribution in [-0.4, -0.2) is 22.0 Å². The summed E-state index contributed by atoms with van der Waals surface area (Å²) in [6, 6.07) is 0. The van der Waals surface area contributed by atoms with Crippen LogP contribution in [0.25, 0.3) is 0 Å². The van der Waals surface area contributed by atoms with E-state index in [-0.39, 0.29) is 12.8 Å². The van der Waals surface area contributed by atoms with Gasteiger partial charge < -0.3 is 9.47 Å². The van der Waals surface area contributed by atoms with E-state index in [0.717, 1.165) is 0 Å². The normalized spacial score (nSPS) is 11.3. The molecule has 0 radical (unpaired) electrons. The van der Waals surface area contributed by atoms with Crippen molar-refractivity contribution in [2.24, 2.45) is 0 Å². The second-order valence-electron chi connectivity index (χ2n) is 2.56. The van der Waals surface area contributed by atoms with Gasteiger partial charge in [-0.2, -0.15) is 0 Å². The van der Waals surface area contributed by atoms with Crippen LogP contribution < -0.4 is 0 Å². The number of ether oxygens (including phenoxy) is 2. The van der Waals surface area contributed by atoms with Crippen molar-refractivity contribution in [3.05, 3.63) is 0 Å². The summed E-state index contributed by atoms with van der Waals surface area (Å²) in [5.74, 6) is -1.23. The quantitative estimate of drug-likeness (QED) is 0.450. The van der Waals surface area contributed by atoms with E-state index in [4.69, 9.17) is 34.8 Å². The van der Waals surface area contributed by atoms with Gasteiger partial charge in [0.1, 0.15) is 0 Å². The fraction of sp³-hybridized carbons (Fsp3) is 0.750. The van der Waals surface area contributed by atoms with Crippen LogP contribution in [-0.2, 0) is 19.1 Å².